The second-order valence-electron chi connectivity index (χ2n) is 7.77. The van der Waals surface area contributed by atoms with Gasteiger partial charge in [-0.15, -0.1) is 0 Å². The largest absolute Gasteiger partial charge is 0.337 e. The first-order chi connectivity index (χ1) is 15.9. The van der Waals surface area contributed by atoms with Crippen LogP contribution in [-0.2, 0) is 17.9 Å². The zero-order valence-electron chi connectivity index (χ0n) is 17.9. The molecule has 0 aliphatic rings. The molecule has 10 heteroatoms. The van der Waals surface area contributed by atoms with Crippen LogP contribution in [0.3, 0.4) is 0 Å². The fourth-order valence-corrected chi connectivity index (χ4v) is 3.82. The van der Waals surface area contributed by atoms with Crippen LogP contribution in [0, 0.1) is 19.7 Å². The van der Waals surface area contributed by atoms with Crippen molar-refractivity contribution in [2.45, 2.75) is 26.9 Å². The predicted molar refractivity (Wildman–Crippen MR) is 119 cm³/mol. The van der Waals surface area contributed by atoms with Crippen molar-refractivity contribution >= 4 is 33.5 Å². The first kappa shape index (κ1) is 20.6. The molecule has 0 spiro atoms. The van der Waals surface area contributed by atoms with Gasteiger partial charge in [0.05, 0.1) is 11.8 Å². The van der Waals surface area contributed by atoms with Crippen LogP contribution in [0.1, 0.15) is 17.3 Å². The van der Waals surface area contributed by atoms with Crippen molar-refractivity contribution in [1.29, 1.82) is 0 Å². The van der Waals surface area contributed by atoms with E-state index in [9.17, 15) is 14.0 Å². The summed E-state index contributed by atoms with van der Waals surface area (Å²) in [5, 5.41) is 7.26. The van der Waals surface area contributed by atoms with Gasteiger partial charge in [0.15, 0.2) is 5.82 Å². The smallest absolute Gasteiger partial charge is 0.278 e. The summed E-state index contributed by atoms with van der Waals surface area (Å²) in [6, 6.07) is 11.2. The number of anilines is 1. The maximum atomic E-state index is 13.4. The highest BCUT2D eigenvalue weighted by atomic mass is 19.1. The average Bonchev–Trinajstić information content (AvgIpc) is 3.33. The van der Waals surface area contributed by atoms with E-state index in [1.807, 2.05) is 25.1 Å². The minimum Gasteiger partial charge on any atom is -0.337 e. The van der Waals surface area contributed by atoms with Crippen LogP contribution in [0.2, 0.25) is 0 Å². The predicted octanol–water partition coefficient (Wildman–Crippen LogP) is 3.18. The van der Waals surface area contributed by atoms with Crippen molar-refractivity contribution in [2.24, 2.45) is 0 Å². The van der Waals surface area contributed by atoms with Crippen LogP contribution in [0.4, 0.5) is 10.1 Å². The minimum atomic E-state index is -0.395. The first-order valence-electron chi connectivity index (χ1n) is 10.2. The van der Waals surface area contributed by atoms with Gasteiger partial charge in [0.2, 0.25) is 11.8 Å². The Labute approximate surface area is 186 Å². The van der Waals surface area contributed by atoms with E-state index < -0.39 is 5.82 Å². The highest BCUT2D eigenvalue weighted by molar-refractivity contribution is 6.06. The summed E-state index contributed by atoms with van der Waals surface area (Å²) in [6.07, 6.45) is 1.44. The standard InChI is InChI=1S/C23H19FN6O3/c1-13-3-8-18-17(9-13)21-22(23(32)29(12-25-21)11-20-26-14(2)28-33-20)30(18)10-19(31)27-16-6-4-15(24)5-7-16/h3-9,12H,10-11H2,1-2H3,(H,27,31). The third kappa shape index (κ3) is 3.86. The van der Waals surface area contributed by atoms with Gasteiger partial charge in [-0.1, -0.05) is 16.8 Å². The number of hydrogen-bond donors (Lipinski definition) is 1. The summed E-state index contributed by atoms with van der Waals surface area (Å²) in [5.74, 6) is -0.00501. The average molecular weight is 446 g/mol. The number of hydrogen-bond acceptors (Lipinski definition) is 6. The number of nitrogens with zero attached hydrogens (tertiary/aromatic N) is 5. The summed E-state index contributed by atoms with van der Waals surface area (Å²) < 4.78 is 21.3. The molecule has 3 heterocycles. The van der Waals surface area contributed by atoms with E-state index in [-0.39, 0.29) is 30.4 Å². The zero-order chi connectivity index (χ0) is 23.1. The van der Waals surface area contributed by atoms with Gasteiger partial charge in [-0.2, -0.15) is 4.98 Å². The molecule has 166 valence electrons. The molecule has 1 N–H and O–H groups in total. The van der Waals surface area contributed by atoms with Gasteiger partial charge >= 0.3 is 0 Å². The van der Waals surface area contributed by atoms with Gasteiger partial charge < -0.3 is 14.4 Å². The van der Waals surface area contributed by atoms with Crippen molar-refractivity contribution < 1.29 is 13.7 Å². The summed E-state index contributed by atoms with van der Waals surface area (Å²) in [5.41, 5.74) is 2.64. The Morgan fingerprint density at radius 1 is 1.15 bits per heavy atom. The van der Waals surface area contributed by atoms with Crippen molar-refractivity contribution in [3.63, 3.8) is 0 Å². The molecule has 2 aromatic carbocycles. The molecule has 33 heavy (non-hydrogen) atoms. The lowest BCUT2D eigenvalue weighted by molar-refractivity contribution is -0.116. The Morgan fingerprint density at radius 2 is 1.94 bits per heavy atom. The van der Waals surface area contributed by atoms with Gasteiger partial charge in [-0.3, -0.25) is 14.2 Å². The van der Waals surface area contributed by atoms with Crippen molar-refractivity contribution in [3.8, 4) is 0 Å². The molecule has 0 aliphatic carbocycles. The number of aromatic nitrogens is 5. The van der Waals surface area contributed by atoms with Gasteiger partial charge in [0, 0.05) is 11.1 Å². The lowest BCUT2D eigenvalue weighted by Crippen LogP contribution is -2.25. The Morgan fingerprint density at radius 3 is 2.67 bits per heavy atom. The quantitative estimate of drug-likeness (QED) is 0.444. The van der Waals surface area contributed by atoms with Crippen molar-refractivity contribution in [3.05, 3.63) is 82.2 Å². The van der Waals surface area contributed by atoms with Crippen LogP contribution < -0.4 is 10.9 Å². The van der Waals surface area contributed by atoms with Crippen LogP contribution in [0.5, 0.6) is 0 Å². The van der Waals surface area contributed by atoms with E-state index in [4.69, 9.17) is 4.52 Å². The van der Waals surface area contributed by atoms with Gasteiger partial charge in [-0.25, -0.2) is 9.37 Å². The van der Waals surface area contributed by atoms with Gasteiger partial charge in [-0.05, 0) is 50.2 Å². The number of rotatable bonds is 5. The summed E-state index contributed by atoms with van der Waals surface area (Å²) >= 11 is 0. The lowest BCUT2D eigenvalue weighted by atomic mass is 10.1. The fourth-order valence-electron chi connectivity index (χ4n) is 3.82. The van der Waals surface area contributed by atoms with Crippen molar-refractivity contribution in [2.75, 3.05) is 5.32 Å². The van der Waals surface area contributed by atoms with E-state index in [0.717, 1.165) is 10.9 Å². The first-order valence-corrected chi connectivity index (χ1v) is 10.2. The third-order valence-corrected chi connectivity index (χ3v) is 5.29. The number of fused-ring (bicyclic) bond motifs is 3. The number of carbonyl (C=O) groups excluding carboxylic acids is 1. The molecule has 5 aromatic rings. The number of carbonyl (C=O) groups is 1. The molecule has 9 nitrogen and oxygen atoms in total. The number of aryl methyl sites for hydroxylation is 2. The third-order valence-electron chi connectivity index (χ3n) is 5.29. The number of amides is 1. The molecule has 1 amide bonds. The molecular weight excluding hydrogens is 427 g/mol. The highest BCUT2D eigenvalue weighted by Crippen LogP contribution is 2.26. The number of halogens is 1. The number of benzene rings is 2. The molecule has 0 atom stereocenters. The zero-order valence-corrected chi connectivity index (χ0v) is 17.9. The normalized spacial score (nSPS) is 11.4. The van der Waals surface area contributed by atoms with E-state index >= 15 is 0 Å². The van der Waals surface area contributed by atoms with Crippen LogP contribution in [0.15, 0.2) is 58.1 Å². The van der Waals surface area contributed by atoms with E-state index in [0.29, 0.717) is 28.1 Å². The minimum absolute atomic E-state index is 0.0605. The molecule has 0 radical (unpaired) electrons. The van der Waals surface area contributed by atoms with Crippen LogP contribution in [-0.4, -0.2) is 30.2 Å². The molecule has 3 aromatic heterocycles. The Bertz CT molecular complexity index is 1570. The molecular formula is C23H19FN6O3. The maximum absolute atomic E-state index is 13.4. The summed E-state index contributed by atoms with van der Waals surface area (Å²) in [4.78, 5) is 34.9. The molecule has 0 saturated carbocycles. The molecule has 5 rings (SSSR count). The van der Waals surface area contributed by atoms with Gasteiger partial charge in [0.1, 0.15) is 29.9 Å². The summed E-state index contributed by atoms with van der Waals surface area (Å²) in [6.45, 7) is 3.58. The number of nitrogens with one attached hydrogen (secondary N) is 1. The Balaban J connectivity index is 1.60. The topological polar surface area (TPSA) is 108 Å². The molecule has 0 fully saturated rings. The van der Waals surface area contributed by atoms with Crippen molar-refractivity contribution in [1.82, 2.24) is 24.3 Å². The SMILES string of the molecule is Cc1ccc2c(c1)c1ncn(Cc3nc(C)no3)c(=O)c1n2CC(=O)Nc1ccc(F)cc1. The highest BCUT2D eigenvalue weighted by Gasteiger charge is 2.19. The lowest BCUT2D eigenvalue weighted by Gasteiger charge is -2.09. The van der Waals surface area contributed by atoms with Gasteiger partial charge in [0.25, 0.3) is 5.56 Å². The monoisotopic (exact) mass is 446 g/mol. The van der Waals surface area contributed by atoms with E-state index in [1.165, 1.54) is 35.2 Å². The molecule has 0 saturated heterocycles. The second-order valence-corrected chi connectivity index (χ2v) is 7.77. The second kappa shape index (κ2) is 7.97. The Kier molecular flexibility index (Phi) is 4.97. The fraction of sp³-hybridized carbons (Fsp3) is 0.174. The van der Waals surface area contributed by atoms with Crippen LogP contribution in [0.25, 0.3) is 21.9 Å². The molecule has 0 aliphatic heterocycles. The molecule has 0 unspecified atom stereocenters. The van der Waals surface area contributed by atoms with E-state index in [1.54, 1.807) is 11.5 Å². The maximum Gasteiger partial charge on any atom is 0.278 e. The van der Waals surface area contributed by atoms with Crippen LogP contribution >= 0.6 is 0 Å². The Hall–Kier alpha value is -4.34. The molecule has 0 bridgehead atoms. The van der Waals surface area contributed by atoms with E-state index in [2.05, 4.69) is 20.4 Å². The summed E-state index contributed by atoms with van der Waals surface area (Å²) in [7, 11) is 0.